The van der Waals surface area contributed by atoms with Crippen LogP contribution in [0.2, 0.25) is 0 Å². The van der Waals surface area contributed by atoms with Crippen LogP contribution in [-0.4, -0.2) is 28.9 Å². The van der Waals surface area contributed by atoms with E-state index in [2.05, 4.69) is 5.32 Å². The number of hydrogen-bond acceptors (Lipinski definition) is 3. The van der Waals surface area contributed by atoms with Crippen LogP contribution in [0.3, 0.4) is 0 Å². The Morgan fingerprint density at radius 3 is 2.33 bits per heavy atom. The van der Waals surface area contributed by atoms with Gasteiger partial charge in [-0.2, -0.15) is 0 Å². The molecule has 0 saturated carbocycles. The molecule has 1 heterocycles. The van der Waals surface area contributed by atoms with Crippen molar-refractivity contribution in [2.45, 2.75) is 57.5 Å². The maximum absolute atomic E-state index is 13.6. The number of halogens is 2. The summed E-state index contributed by atoms with van der Waals surface area (Å²) >= 11 is 0. The van der Waals surface area contributed by atoms with Crippen LogP contribution < -0.4 is 5.32 Å². The largest absolute Gasteiger partial charge is 0.387 e. The van der Waals surface area contributed by atoms with Crippen molar-refractivity contribution in [2.75, 3.05) is 6.54 Å². The molecule has 2 atom stereocenters. The molecule has 2 rings (SSSR count). The standard InChI is InChI=1S/C16H23F2NO2/c1-15(2)8-13(16(3,4)21-15)19-9-12(20)14-10(17)6-5-7-11(14)18/h5-7,12-13,19-20H,8-9H2,1-4H3. The van der Waals surface area contributed by atoms with E-state index in [0.717, 1.165) is 18.6 Å². The molecule has 0 spiro atoms. The minimum atomic E-state index is -1.23. The molecule has 2 N–H and O–H groups in total. The van der Waals surface area contributed by atoms with E-state index in [1.54, 1.807) is 0 Å². The normalized spacial score (nSPS) is 25.0. The number of nitrogens with one attached hydrogen (secondary N) is 1. The molecule has 0 bridgehead atoms. The van der Waals surface area contributed by atoms with Gasteiger partial charge in [-0.3, -0.25) is 0 Å². The Morgan fingerprint density at radius 1 is 1.29 bits per heavy atom. The fourth-order valence-electron chi connectivity index (χ4n) is 3.07. The molecule has 1 fully saturated rings. The van der Waals surface area contributed by atoms with Crippen LogP contribution in [0.25, 0.3) is 0 Å². The summed E-state index contributed by atoms with van der Waals surface area (Å²) in [6, 6.07) is 3.59. The first kappa shape index (κ1) is 16.3. The van der Waals surface area contributed by atoms with Gasteiger partial charge in [0, 0.05) is 12.6 Å². The van der Waals surface area contributed by atoms with E-state index >= 15 is 0 Å². The van der Waals surface area contributed by atoms with E-state index in [1.807, 2.05) is 27.7 Å². The fraction of sp³-hybridized carbons (Fsp3) is 0.625. The number of aliphatic hydroxyl groups excluding tert-OH is 1. The monoisotopic (exact) mass is 299 g/mol. The van der Waals surface area contributed by atoms with Crippen LogP contribution in [-0.2, 0) is 4.74 Å². The van der Waals surface area contributed by atoms with Gasteiger partial charge in [0.1, 0.15) is 11.6 Å². The third-order valence-electron chi connectivity index (χ3n) is 3.96. The molecule has 0 aliphatic carbocycles. The van der Waals surface area contributed by atoms with E-state index in [9.17, 15) is 13.9 Å². The Morgan fingerprint density at radius 2 is 1.86 bits per heavy atom. The second-order valence-electron chi connectivity index (χ2n) is 6.78. The zero-order valence-electron chi connectivity index (χ0n) is 12.9. The first-order valence-corrected chi connectivity index (χ1v) is 7.18. The third-order valence-corrected chi connectivity index (χ3v) is 3.96. The molecule has 0 radical (unpaired) electrons. The van der Waals surface area contributed by atoms with Crippen LogP contribution in [0, 0.1) is 11.6 Å². The molecule has 1 saturated heterocycles. The molecule has 5 heteroatoms. The molecule has 0 aromatic heterocycles. The molecule has 21 heavy (non-hydrogen) atoms. The Labute approximate surface area is 124 Å². The average molecular weight is 299 g/mol. The van der Waals surface area contributed by atoms with Crippen molar-refractivity contribution in [3.8, 4) is 0 Å². The second kappa shape index (κ2) is 5.63. The first-order valence-electron chi connectivity index (χ1n) is 7.18. The van der Waals surface area contributed by atoms with Gasteiger partial charge in [-0.05, 0) is 46.2 Å². The lowest BCUT2D eigenvalue weighted by Gasteiger charge is -2.28. The molecular weight excluding hydrogens is 276 g/mol. The molecule has 1 aromatic carbocycles. The van der Waals surface area contributed by atoms with E-state index in [0.29, 0.717) is 0 Å². The zero-order valence-corrected chi connectivity index (χ0v) is 12.9. The van der Waals surface area contributed by atoms with Gasteiger partial charge in [0.25, 0.3) is 0 Å². The Bertz CT molecular complexity index is 497. The SMILES string of the molecule is CC1(C)CC(NCC(O)c2c(F)cccc2F)C(C)(C)O1. The van der Waals surface area contributed by atoms with Gasteiger partial charge >= 0.3 is 0 Å². The van der Waals surface area contributed by atoms with Crippen molar-refractivity contribution in [3.63, 3.8) is 0 Å². The van der Waals surface area contributed by atoms with E-state index in [-0.39, 0.29) is 23.8 Å². The summed E-state index contributed by atoms with van der Waals surface area (Å²) in [5, 5.41) is 13.2. The van der Waals surface area contributed by atoms with Gasteiger partial charge in [-0.1, -0.05) is 6.07 Å². The Balaban J connectivity index is 2.03. The van der Waals surface area contributed by atoms with Gasteiger partial charge in [-0.15, -0.1) is 0 Å². The first-order chi connectivity index (χ1) is 9.62. The summed E-state index contributed by atoms with van der Waals surface area (Å²) in [6.07, 6.45) is -0.461. The topological polar surface area (TPSA) is 41.5 Å². The van der Waals surface area contributed by atoms with Crippen LogP contribution >= 0.6 is 0 Å². The summed E-state index contributed by atoms with van der Waals surface area (Å²) < 4.78 is 33.2. The third kappa shape index (κ3) is 3.59. The summed E-state index contributed by atoms with van der Waals surface area (Å²) in [4.78, 5) is 0. The Hall–Kier alpha value is -1.04. The lowest BCUT2D eigenvalue weighted by atomic mass is 9.94. The van der Waals surface area contributed by atoms with Gasteiger partial charge in [-0.25, -0.2) is 8.78 Å². The van der Waals surface area contributed by atoms with Crippen molar-refractivity contribution >= 4 is 0 Å². The maximum atomic E-state index is 13.6. The average Bonchev–Trinajstić information content (AvgIpc) is 2.54. The highest BCUT2D eigenvalue weighted by molar-refractivity contribution is 5.22. The predicted octanol–water partition coefficient (Wildman–Crippen LogP) is 2.93. The summed E-state index contributed by atoms with van der Waals surface area (Å²) in [5.41, 5.74) is -0.937. The minimum Gasteiger partial charge on any atom is -0.387 e. The molecule has 1 aromatic rings. The van der Waals surface area contributed by atoms with Crippen LogP contribution in [0.4, 0.5) is 8.78 Å². The highest BCUT2D eigenvalue weighted by Crippen LogP contribution is 2.37. The fourth-order valence-corrected chi connectivity index (χ4v) is 3.07. The lowest BCUT2D eigenvalue weighted by molar-refractivity contribution is -0.0702. The molecular formula is C16H23F2NO2. The number of benzene rings is 1. The van der Waals surface area contributed by atoms with Gasteiger partial charge in [0.15, 0.2) is 0 Å². The molecule has 2 unspecified atom stereocenters. The maximum Gasteiger partial charge on any atom is 0.131 e. The number of ether oxygens (including phenoxy) is 1. The van der Waals surface area contributed by atoms with Gasteiger partial charge in [0.2, 0.25) is 0 Å². The highest BCUT2D eigenvalue weighted by Gasteiger charge is 2.45. The van der Waals surface area contributed by atoms with E-state index < -0.39 is 23.3 Å². The minimum absolute atomic E-state index is 0.0111. The van der Waals surface area contributed by atoms with Gasteiger partial charge < -0.3 is 15.2 Å². The Kier molecular flexibility index (Phi) is 4.38. The number of aliphatic hydroxyl groups is 1. The molecule has 1 aliphatic heterocycles. The molecule has 118 valence electrons. The number of hydrogen-bond donors (Lipinski definition) is 2. The predicted molar refractivity (Wildman–Crippen MR) is 77.0 cm³/mol. The van der Waals surface area contributed by atoms with Crippen molar-refractivity contribution in [1.29, 1.82) is 0 Å². The van der Waals surface area contributed by atoms with Crippen LogP contribution in [0.1, 0.15) is 45.8 Å². The smallest absolute Gasteiger partial charge is 0.131 e. The quantitative estimate of drug-likeness (QED) is 0.898. The lowest BCUT2D eigenvalue weighted by Crippen LogP contribution is -2.44. The van der Waals surface area contributed by atoms with Crippen molar-refractivity contribution in [1.82, 2.24) is 5.32 Å². The van der Waals surface area contributed by atoms with Crippen LogP contribution in [0.5, 0.6) is 0 Å². The molecule has 3 nitrogen and oxygen atoms in total. The van der Waals surface area contributed by atoms with Crippen molar-refractivity contribution in [2.24, 2.45) is 0 Å². The van der Waals surface area contributed by atoms with E-state index in [4.69, 9.17) is 4.74 Å². The summed E-state index contributed by atoms with van der Waals surface area (Å²) in [5.74, 6) is -1.46. The zero-order chi connectivity index (χ0) is 15.8. The van der Waals surface area contributed by atoms with E-state index in [1.165, 1.54) is 6.07 Å². The molecule has 0 amide bonds. The van der Waals surface area contributed by atoms with Crippen LogP contribution in [0.15, 0.2) is 18.2 Å². The number of rotatable bonds is 4. The summed E-state index contributed by atoms with van der Waals surface area (Å²) in [6.45, 7) is 8.02. The van der Waals surface area contributed by atoms with Crippen molar-refractivity contribution < 1.29 is 18.6 Å². The van der Waals surface area contributed by atoms with Crippen molar-refractivity contribution in [3.05, 3.63) is 35.4 Å². The highest BCUT2D eigenvalue weighted by atomic mass is 19.1. The summed E-state index contributed by atoms with van der Waals surface area (Å²) in [7, 11) is 0. The van der Waals surface area contributed by atoms with Gasteiger partial charge in [0.05, 0.1) is 22.9 Å². The molecule has 1 aliphatic rings. The second-order valence-corrected chi connectivity index (χ2v) is 6.78.